The highest BCUT2D eigenvalue weighted by atomic mass is 32.1. The molecule has 0 heterocycles. The van der Waals surface area contributed by atoms with Crippen molar-refractivity contribution in [2.75, 3.05) is 14.2 Å². The van der Waals surface area contributed by atoms with Crippen molar-refractivity contribution in [2.24, 2.45) is 5.73 Å². The Morgan fingerprint density at radius 1 is 1.56 bits per heavy atom. The molecule has 0 saturated heterocycles. The normalized spacial score (nSPS) is 11.8. The van der Waals surface area contributed by atoms with Gasteiger partial charge in [-0.25, -0.2) is 4.39 Å². The first-order valence-corrected chi connectivity index (χ1v) is 5.69. The highest BCUT2D eigenvalue weighted by molar-refractivity contribution is 7.80. The Balaban J connectivity index is 3.00. The van der Waals surface area contributed by atoms with Crippen LogP contribution in [-0.4, -0.2) is 36.0 Å². The Kier molecular flexibility index (Phi) is 4.61. The maximum atomic E-state index is 13.7. The molecule has 98 valence electrons. The lowest BCUT2D eigenvalue weighted by molar-refractivity contribution is 0.0774. The molecule has 1 aromatic rings. The maximum Gasteiger partial charge on any atom is 0.257 e. The van der Waals surface area contributed by atoms with E-state index in [9.17, 15) is 9.18 Å². The maximum absolute atomic E-state index is 13.7. The third-order valence-corrected chi connectivity index (χ3v) is 3.06. The molecule has 0 aromatic heterocycles. The smallest absolute Gasteiger partial charge is 0.257 e. The number of methoxy groups -OCH3 is 1. The van der Waals surface area contributed by atoms with Crippen molar-refractivity contribution in [1.29, 1.82) is 0 Å². The summed E-state index contributed by atoms with van der Waals surface area (Å²) in [4.78, 5) is 13.5. The van der Waals surface area contributed by atoms with Gasteiger partial charge in [-0.15, -0.1) is 0 Å². The molecule has 2 N–H and O–H groups in total. The minimum absolute atomic E-state index is 0.0404. The SMILES string of the molecule is COc1ccc(C(=O)N(C)C(C)C(N)=S)c(F)c1. The Morgan fingerprint density at radius 3 is 2.61 bits per heavy atom. The summed E-state index contributed by atoms with van der Waals surface area (Å²) in [6, 6.07) is 3.62. The van der Waals surface area contributed by atoms with Crippen LogP contribution in [0.4, 0.5) is 4.39 Å². The summed E-state index contributed by atoms with van der Waals surface area (Å²) in [7, 11) is 2.95. The number of likely N-dealkylation sites (N-methyl/N-ethyl adjacent to an activating group) is 1. The second-order valence-corrected chi connectivity index (χ2v) is 4.31. The molecule has 4 nitrogen and oxygen atoms in total. The minimum Gasteiger partial charge on any atom is -0.497 e. The van der Waals surface area contributed by atoms with Gasteiger partial charge >= 0.3 is 0 Å². The fraction of sp³-hybridized carbons (Fsp3) is 0.333. The lowest BCUT2D eigenvalue weighted by Gasteiger charge is -2.24. The van der Waals surface area contributed by atoms with E-state index in [1.165, 1.54) is 31.2 Å². The van der Waals surface area contributed by atoms with E-state index >= 15 is 0 Å². The van der Waals surface area contributed by atoms with Crippen LogP contribution in [0.3, 0.4) is 0 Å². The predicted octanol–water partition coefficient (Wildman–Crippen LogP) is 1.58. The molecule has 18 heavy (non-hydrogen) atoms. The number of hydrogen-bond acceptors (Lipinski definition) is 3. The average molecular weight is 270 g/mol. The number of thiocarbonyl (C=S) groups is 1. The van der Waals surface area contributed by atoms with Gasteiger partial charge in [-0.1, -0.05) is 12.2 Å². The number of amides is 1. The number of carbonyl (C=O) groups excluding carboxylic acids is 1. The van der Waals surface area contributed by atoms with Crippen LogP contribution in [0, 0.1) is 5.82 Å². The number of ether oxygens (including phenoxy) is 1. The highest BCUT2D eigenvalue weighted by Gasteiger charge is 2.22. The lowest BCUT2D eigenvalue weighted by Crippen LogP contribution is -2.43. The van der Waals surface area contributed by atoms with Crippen LogP contribution in [0.1, 0.15) is 17.3 Å². The molecule has 0 fully saturated rings. The molecule has 0 bridgehead atoms. The van der Waals surface area contributed by atoms with Gasteiger partial charge in [0.1, 0.15) is 11.6 Å². The topological polar surface area (TPSA) is 55.6 Å². The summed E-state index contributed by atoms with van der Waals surface area (Å²) >= 11 is 4.81. The summed E-state index contributed by atoms with van der Waals surface area (Å²) in [5.74, 6) is -0.758. The van der Waals surface area contributed by atoms with Gasteiger partial charge in [0.15, 0.2) is 0 Å². The summed E-state index contributed by atoms with van der Waals surface area (Å²) in [6.07, 6.45) is 0. The number of halogens is 1. The molecule has 1 atom stereocenters. The predicted molar refractivity (Wildman–Crippen MR) is 71.3 cm³/mol. The Hall–Kier alpha value is -1.69. The van der Waals surface area contributed by atoms with Crippen LogP contribution in [0.2, 0.25) is 0 Å². The third kappa shape index (κ3) is 2.95. The van der Waals surface area contributed by atoms with Crippen LogP contribution in [0.15, 0.2) is 18.2 Å². The largest absolute Gasteiger partial charge is 0.497 e. The first-order valence-electron chi connectivity index (χ1n) is 5.28. The minimum atomic E-state index is -0.638. The number of nitrogens with two attached hydrogens (primary N) is 1. The summed E-state index contributed by atoms with van der Waals surface area (Å²) in [5.41, 5.74) is 5.42. The molecular formula is C12H15FN2O2S. The molecule has 1 rings (SSSR count). The quantitative estimate of drug-likeness (QED) is 0.844. The van der Waals surface area contributed by atoms with Crippen molar-refractivity contribution >= 4 is 23.1 Å². The number of nitrogens with zero attached hydrogens (tertiary/aromatic N) is 1. The molecule has 0 radical (unpaired) electrons. The van der Waals surface area contributed by atoms with Gasteiger partial charge in [0.2, 0.25) is 0 Å². The second kappa shape index (κ2) is 5.77. The van der Waals surface area contributed by atoms with E-state index < -0.39 is 17.8 Å². The van der Waals surface area contributed by atoms with Crippen LogP contribution in [0.5, 0.6) is 5.75 Å². The number of carbonyl (C=O) groups is 1. The average Bonchev–Trinajstić information content (AvgIpc) is 2.35. The van der Waals surface area contributed by atoms with Crippen LogP contribution < -0.4 is 10.5 Å². The first kappa shape index (κ1) is 14.4. The van der Waals surface area contributed by atoms with Crippen molar-refractivity contribution in [3.05, 3.63) is 29.6 Å². The van der Waals surface area contributed by atoms with Gasteiger partial charge in [0, 0.05) is 13.1 Å². The molecular weight excluding hydrogens is 255 g/mol. The van der Waals surface area contributed by atoms with Gasteiger partial charge < -0.3 is 15.4 Å². The van der Waals surface area contributed by atoms with Gasteiger partial charge in [0.25, 0.3) is 5.91 Å². The van der Waals surface area contributed by atoms with E-state index in [1.54, 1.807) is 6.92 Å². The van der Waals surface area contributed by atoms with E-state index in [4.69, 9.17) is 22.7 Å². The van der Waals surface area contributed by atoms with Crippen molar-refractivity contribution in [1.82, 2.24) is 4.90 Å². The summed E-state index contributed by atoms with van der Waals surface area (Å²) in [5, 5.41) is 0. The molecule has 0 spiro atoms. The molecule has 0 saturated carbocycles. The molecule has 0 aliphatic rings. The van der Waals surface area contributed by atoms with Crippen molar-refractivity contribution in [3.63, 3.8) is 0 Å². The monoisotopic (exact) mass is 270 g/mol. The van der Waals surface area contributed by atoms with Crippen LogP contribution in [-0.2, 0) is 0 Å². The number of hydrogen-bond donors (Lipinski definition) is 1. The van der Waals surface area contributed by atoms with Crippen molar-refractivity contribution in [3.8, 4) is 5.75 Å². The van der Waals surface area contributed by atoms with E-state index in [2.05, 4.69) is 0 Å². The fourth-order valence-electron chi connectivity index (χ4n) is 1.35. The van der Waals surface area contributed by atoms with E-state index in [1.807, 2.05) is 0 Å². The third-order valence-electron chi connectivity index (χ3n) is 2.72. The molecule has 0 aliphatic carbocycles. The van der Waals surface area contributed by atoms with E-state index in [0.29, 0.717) is 5.75 Å². The van der Waals surface area contributed by atoms with Gasteiger partial charge in [-0.05, 0) is 19.1 Å². The standard InChI is InChI=1S/C12H15FN2O2S/c1-7(11(14)18)15(2)12(16)9-5-4-8(17-3)6-10(9)13/h4-7H,1-3H3,(H2,14,18). The van der Waals surface area contributed by atoms with Crippen molar-refractivity contribution in [2.45, 2.75) is 13.0 Å². The molecule has 1 unspecified atom stereocenters. The molecule has 0 aliphatic heterocycles. The van der Waals surface area contributed by atoms with Crippen LogP contribution in [0.25, 0.3) is 0 Å². The Bertz CT molecular complexity index is 479. The van der Waals surface area contributed by atoms with E-state index in [-0.39, 0.29) is 10.6 Å². The number of benzene rings is 1. The summed E-state index contributed by atoms with van der Waals surface area (Å²) in [6.45, 7) is 1.68. The highest BCUT2D eigenvalue weighted by Crippen LogP contribution is 2.18. The molecule has 6 heteroatoms. The Labute approximate surface area is 111 Å². The van der Waals surface area contributed by atoms with Gasteiger partial charge in [-0.2, -0.15) is 0 Å². The zero-order valence-electron chi connectivity index (χ0n) is 10.4. The van der Waals surface area contributed by atoms with Crippen LogP contribution >= 0.6 is 12.2 Å². The number of rotatable bonds is 4. The van der Waals surface area contributed by atoms with Gasteiger partial charge in [0.05, 0.1) is 23.7 Å². The zero-order chi connectivity index (χ0) is 13.9. The van der Waals surface area contributed by atoms with Crippen molar-refractivity contribution < 1.29 is 13.9 Å². The van der Waals surface area contributed by atoms with Gasteiger partial charge in [-0.3, -0.25) is 4.79 Å². The van der Waals surface area contributed by atoms with E-state index in [0.717, 1.165) is 6.07 Å². The lowest BCUT2D eigenvalue weighted by atomic mass is 10.1. The second-order valence-electron chi connectivity index (χ2n) is 3.84. The molecule has 1 aromatic carbocycles. The molecule has 1 amide bonds. The zero-order valence-corrected chi connectivity index (χ0v) is 11.3. The summed E-state index contributed by atoms with van der Waals surface area (Å²) < 4.78 is 18.6. The fourth-order valence-corrected chi connectivity index (χ4v) is 1.51. The Morgan fingerprint density at radius 2 is 2.17 bits per heavy atom. The first-order chi connectivity index (χ1) is 8.38.